The van der Waals surface area contributed by atoms with Crippen LogP contribution in [-0.4, -0.2) is 53.4 Å². The number of nitrogens with one attached hydrogen (secondary N) is 1. The second-order valence-electron chi connectivity index (χ2n) is 4.70. The van der Waals surface area contributed by atoms with Gasteiger partial charge in [0.2, 0.25) is 5.03 Å². The van der Waals surface area contributed by atoms with Crippen molar-refractivity contribution in [2.45, 2.75) is 17.5 Å². The Morgan fingerprint density at radius 1 is 1.44 bits per heavy atom. The predicted molar refractivity (Wildman–Crippen MR) is 67.4 cm³/mol. The van der Waals surface area contributed by atoms with Gasteiger partial charge in [0.15, 0.2) is 4.60 Å². The van der Waals surface area contributed by atoms with Crippen LogP contribution in [0.2, 0.25) is 0 Å². The molecule has 3 heterocycles. The first-order valence-electron chi connectivity index (χ1n) is 5.79. The maximum Gasteiger partial charge on any atom is 0.263 e. The van der Waals surface area contributed by atoms with Crippen molar-refractivity contribution in [1.82, 2.24) is 24.6 Å². The van der Waals surface area contributed by atoms with Crippen molar-refractivity contribution in [2.75, 3.05) is 19.6 Å². The average Bonchev–Trinajstić information content (AvgIpc) is 2.92. The van der Waals surface area contributed by atoms with Gasteiger partial charge in [0.25, 0.3) is 10.0 Å². The fraction of sp³-hybridized carbons (Fsp3) is 0.778. The van der Waals surface area contributed by atoms with E-state index in [1.54, 1.807) is 11.4 Å². The first-order chi connectivity index (χ1) is 8.51. The zero-order valence-corrected chi connectivity index (χ0v) is 12.3. The minimum Gasteiger partial charge on any atom is -0.315 e. The number of hydrogen-bond donors (Lipinski definition) is 1. The van der Waals surface area contributed by atoms with Gasteiger partial charge in [0.05, 0.1) is 0 Å². The van der Waals surface area contributed by atoms with Gasteiger partial charge in [0, 0.05) is 26.2 Å². The Bertz CT molecular complexity index is 552. The van der Waals surface area contributed by atoms with E-state index < -0.39 is 10.0 Å². The van der Waals surface area contributed by atoms with Crippen LogP contribution in [0.1, 0.15) is 6.42 Å². The summed E-state index contributed by atoms with van der Waals surface area (Å²) in [4.78, 5) is 0. The number of aromatic nitrogens is 3. The summed E-state index contributed by atoms with van der Waals surface area (Å²) < 4.78 is 28.5. The maximum atomic E-state index is 12.6. The molecule has 2 aliphatic heterocycles. The van der Waals surface area contributed by atoms with Crippen LogP contribution in [0.4, 0.5) is 0 Å². The zero-order chi connectivity index (χ0) is 12.9. The molecule has 0 radical (unpaired) electrons. The first-order valence-corrected chi connectivity index (χ1v) is 8.03. The van der Waals surface area contributed by atoms with Crippen molar-refractivity contribution in [3.05, 3.63) is 4.60 Å². The lowest BCUT2D eigenvalue weighted by Gasteiger charge is -2.22. The van der Waals surface area contributed by atoms with Crippen molar-refractivity contribution < 1.29 is 8.42 Å². The van der Waals surface area contributed by atoms with E-state index >= 15 is 0 Å². The number of rotatable bonds is 2. The van der Waals surface area contributed by atoms with E-state index in [4.69, 9.17) is 0 Å². The van der Waals surface area contributed by atoms with Crippen LogP contribution in [-0.2, 0) is 17.1 Å². The van der Waals surface area contributed by atoms with E-state index in [9.17, 15) is 8.42 Å². The summed E-state index contributed by atoms with van der Waals surface area (Å²) in [6, 6.07) is 0.0665. The maximum absolute atomic E-state index is 12.6. The van der Waals surface area contributed by atoms with Crippen LogP contribution in [0.15, 0.2) is 9.63 Å². The lowest BCUT2D eigenvalue weighted by Crippen LogP contribution is -2.39. The van der Waals surface area contributed by atoms with Gasteiger partial charge < -0.3 is 5.32 Å². The Balaban J connectivity index is 2.01. The van der Waals surface area contributed by atoms with Crippen LogP contribution in [0.3, 0.4) is 0 Å². The molecule has 0 aliphatic carbocycles. The number of nitrogens with zero attached hydrogens (tertiary/aromatic N) is 4. The molecule has 0 spiro atoms. The molecule has 2 atom stereocenters. The van der Waals surface area contributed by atoms with Gasteiger partial charge in [-0.05, 0) is 34.8 Å². The number of aryl methyl sites for hydroxylation is 1. The summed E-state index contributed by atoms with van der Waals surface area (Å²) in [7, 11) is -1.94. The molecule has 0 amide bonds. The summed E-state index contributed by atoms with van der Waals surface area (Å²) in [5.74, 6) is 0.430. The second-order valence-corrected chi connectivity index (χ2v) is 7.26. The first kappa shape index (κ1) is 12.5. The molecule has 1 aromatic rings. The van der Waals surface area contributed by atoms with E-state index in [0.717, 1.165) is 19.5 Å². The molecule has 0 unspecified atom stereocenters. The van der Waals surface area contributed by atoms with Gasteiger partial charge in [0.1, 0.15) is 0 Å². The molecule has 9 heteroatoms. The highest BCUT2D eigenvalue weighted by Gasteiger charge is 2.45. The van der Waals surface area contributed by atoms with Crippen LogP contribution >= 0.6 is 15.9 Å². The van der Waals surface area contributed by atoms with Crippen LogP contribution in [0.25, 0.3) is 0 Å². The van der Waals surface area contributed by atoms with Crippen molar-refractivity contribution in [1.29, 1.82) is 0 Å². The number of hydrogen-bond acceptors (Lipinski definition) is 5. The Morgan fingerprint density at radius 2 is 2.22 bits per heavy atom. The number of sulfonamides is 1. The fourth-order valence-electron chi connectivity index (χ4n) is 2.82. The van der Waals surface area contributed by atoms with E-state index in [1.165, 1.54) is 4.68 Å². The zero-order valence-electron chi connectivity index (χ0n) is 9.87. The predicted octanol–water partition coefficient (Wildman–Crippen LogP) is -0.440. The molecular formula is C9H14BrN5O2S. The number of halogens is 1. The van der Waals surface area contributed by atoms with E-state index in [2.05, 4.69) is 31.6 Å². The minimum absolute atomic E-state index is 0.0665. The summed E-state index contributed by atoms with van der Waals surface area (Å²) in [5.41, 5.74) is 0. The molecule has 2 fully saturated rings. The summed E-state index contributed by atoms with van der Waals surface area (Å²) >= 11 is 3.16. The van der Waals surface area contributed by atoms with Gasteiger partial charge in [-0.3, -0.25) is 0 Å². The highest BCUT2D eigenvalue weighted by Crippen LogP contribution is 2.33. The molecule has 0 saturated carbocycles. The van der Waals surface area contributed by atoms with Crippen LogP contribution in [0.5, 0.6) is 0 Å². The Morgan fingerprint density at radius 3 is 2.89 bits per heavy atom. The third-order valence-electron chi connectivity index (χ3n) is 3.68. The molecule has 7 nitrogen and oxygen atoms in total. The highest BCUT2D eigenvalue weighted by atomic mass is 79.9. The third-order valence-corrected chi connectivity index (χ3v) is 6.50. The van der Waals surface area contributed by atoms with Gasteiger partial charge in [-0.15, -0.1) is 5.10 Å². The molecule has 18 heavy (non-hydrogen) atoms. The molecule has 1 aromatic heterocycles. The molecule has 2 saturated heterocycles. The largest absolute Gasteiger partial charge is 0.315 e. The van der Waals surface area contributed by atoms with Gasteiger partial charge in [-0.25, -0.2) is 13.1 Å². The molecule has 0 aromatic carbocycles. The topological polar surface area (TPSA) is 80.1 Å². The van der Waals surface area contributed by atoms with E-state index in [1.807, 2.05) is 0 Å². The fourth-order valence-corrected chi connectivity index (χ4v) is 5.55. The Kier molecular flexibility index (Phi) is 2.96. The lowest BCUT2D eigenvalue weighted by molar-refractivity contribution is 0.378. The quantitative estimate of drug-likeness (QED) is 0.792. The second kappa shape index (κ2) is 4.26. The lowest BCUT2D eigenvalue weighted by atomic mass is 10.1. The smallest absolute Gasteiger partial charge is 0.263 e. The Labute approximate surface area is 114 Å². The molecule has 2 aliphatic rings. The van der Waals surface area contributed by atoms with Gasteiger partial charge >= 0.3 is 0 Å². The van der Waals surface area contributed by atoms with Crippen molar-refractivity contribution in [3.8, 4) is 0 Å². The van der Waals surface area contributed by atoms with Crippen LogP contribution < -0.4 is 5.32 Å². The molecule has 100 valence electrons. The summed E-state index contributed by atoms with van der Waals surface area (Å²) in [6.07, 6.45) is 0.916. The molecule has 0 bridgehead atoms. The summed E-state index contributed by atoms with van der Waals surface area (Å²) in [5, 5.41) is 10.9. The minimum atomic E-state index is -3.53. The van der Waals surface area contributed by atoms with E-state index in [-0.39, 0.29) is 15.7 Å². The normalized spacial score (nSPS) is 28.8. The SMILES string of the molecule is Cn1nnc(Br)c1S(=O)(=O)N1CC[C@H]2CNC[C@H]21. The standard InChI is InChI=1S/C9H14BrN5O2S/c1-14-9(8(10)12-13-14)18(16,17)15-3-2-6-4-11-5-7(6)15/h6-7,11H,2-5H2,1H3/t6-,7+/m0/s1. The number of fused-ring (bicyclic) bond motifs is 1. The van der Waals surface area contributed by atoms with Crippen molar-refractivity contribution >= 4 is 26.0 Å². The average molecular weight is 336 g/mol. The highest BCUT2D eigenvalue weighted by molar-refractivity contribution is 9.10. The molecular weight excluding hydrogens is 322 g/mol. The Hall–Kier alpha value is -0.510. The molecule has 1 N–H and O–H groups in total. The van der Waals surface area contributed by atoms with Gasteiger partial charge in [-0.2, -0.15) is 4.31 Å². The van der Waals surface area contributed by atoms with Crippen molar-refractivity contribution in [2.24, 2.45) is 13.0 Å². The van der Waals surface area contributed by atoms with Crippen molar-refractivity contribution in [3.63, 3.8) is 0 Å². The third kappa shape index (κ3) is 1.72. The van der Waals surface area contributed by atoms with E-state index in [0.29, 0.717) is 12.5 Å². The molecule has 3 rings (SSSR count). The van der Waals surface area contributed by atoms with Gasteiger partial charge in [-0.1, -0.05) is 5.21 Å². The monoisotopic (exact) mass is 335 g/mol. The summed E-state index contributed by atoms with van der Waals surface area (Å²) in [6.45, 7) is 2.21. The van der Waals surface area contributed by atoms with Crippen LogP contribution in [0, 0.1) is 5.92 Å².